The van der Waals surface area contributed by atoms with Crippen LogP contribution in [0.2, 0.25) is 0 Å². The highest BCUT2D eigenvalue weighted by Gasteiger charge is 2.52. The minimum Gasteiger partial charge on any atom is -0.478 e. The maximum absolute atomic E-state index is 15.4. The molecule has 1 aromatic heterocycles. The van der Waals surface area contributed by atoms with Gasteiger partial charge in [0.1, 0.15) is 52.7 Å². The normalized spacial score (nSPS) is 11.5. The molecule has 0 atom stereocenters. The van der Waals surface area contributed by atoms with Crippen molar-refractivity contribution in [2.45, 2.75) is 6.54 Å². The molecule has 0 fully saturated rings. The summed E-state index contributed by atoms with van der Waals surface area (Å²) in [6, 6.07) is 25.8. The number of benzene rings is 7. The fourth-order valence-corrected chi connectivity index (χ4v) is 8.25. The average molecular weight is 1050 g/mol. The van der Waals surface area contributed by atoms with Gasteiger partial charge in [-0.25, -0.2) is 92.6 Å². The van der Waals surface area contributed by atoms with Crippen LogP contribution in [0.3, 0.4) is 0 Å². The molecule has 1 heterocycles. The molecular formula is C48H18BF20NO3. The fourth-order valence-electron chi connectivity index (χ4n) is 8.25. The molecule has 0 spiro atoms. The maximum atomic E-state index is 15.4. The molecule has 1 N–H and O–H groups in total. The van der Waals surface area contributed by atoms with Crippen molar-refractivity contribution in [1.82, 2.24) is 0 Å². The zero-order valence-electron chi connectivity index (χ0n) is 35.2. The van der Waals surface area contributed by atoms with E-state index in [0.717, 1.165) is 22.0 Å². The Labute approximate surface area is 393 Å². The third-order valence-electron chi connectivity index (χ3n) is 11.4. The van der Waals surface area contributed by atoms with Gasteiger partial charge in [0, 0.05) is 17.2 Å². The number of halogens is 20. The smallest absolute Gasteiger partial charge is 0.335 e. The summed E-state index contributed by atoms with van der Waals surface area (Å²) in [4.78, 5) is 24.2. The second kappa shape index (κ2) is 19.7. The van der Waals surface area contributed by atoms with Crippen molar-refractivity contribution in [1.29, 1.82) is 0 Å². The van der Waals surface area contributed by atoms with E-state index in [0.29, 0.717) is 5.56 Å². The number of carboxylic acids is 1. The summed E-state index contributed by atoms with van der Waals surface area (Å²) in [6.07, 6.45) is -5.34. The van der Waals surface area contributed by atoms with E-state index in [4.69, 9.17) is 0 Å². The predicted octanol–water partition coefficient (Wildman–Crippen LogP) is 10.2. The van der Waals surface area contributed by atoms with Gasteiger partial charge in [-0.2, -0.15) is 4.57 Å². The second-order valence-corrected chi connectivity index (χ2v) is 15.4. The van der Waals surface area contributed by atoms with Crippen LogP contribution in [-0.4, -0.2) is 23.0 Å². The van der Waals surface area contributed by atoms with E-state index < -0.39 is 150 Å². The van der Waals surface area contributed by atoms with Crippen LogP contribution < -0.4 is 26.4 Å². The number of carbonyl (C=O) groups is 2. The summed E-state index contributed by atoms with van der Waals surface area (Å²) in [7, 11) is 0. The number of rotatable bonds is 9. The first kappa shape index (κ1) is 52.6. The molecule has 25 heteroatoms. The van der Waals surface area contributed by atoms with Crippen LogP contribution >= 0.6 is 0 Å². The number of pyridine rings is 1. The van der Waals surface area contributed by atoms with E-state index >= 15 is 35.1 Å². The highest BCUT2D eigenvalue weighted by Crippen LogP contribution is 2.32. The first-order chi connectivity index (χ1) is 34.3. The van der Waals surface area contributed by atoms with Crippen LogP contribution in [0.4, 0.5) is 87.8 Å². The first-order valence-corrected chi connectivity index (χ1v) is 19.9. The first-order valence-electron chi connectivity index (χ1n) is 19.9. The van der Waals surface area contributed by atoms with Crippen LogP contribution in [-0.2, 0) is 6.54 Å². The number of carboxylic acid groups (broad SMARTS) is 1. The van der Waals surface area contributed by atoms with E-state index in [9.17, 15) is 67.4 Å². The number of aromatic carboxylic acids is 1. The molecule has 0 saturated heterocycles. The second-order valence-electron chi connectivity index (χ2n) is 15.4. The van der Waals surface area contributed by atoms with E-state index in [1.165, 1.54) is 0 Å². The summed E-state index contributed by atoms with van der Waals surface area (Å²) in [6.45, 7) is 0.168. The Morgan fingerprint density at radius 3 is 1.08 bits per heavy atom. The Morgan fingerprint density at radius 1 is 0.384 bits per heavy atom. The monoisotopic (exact) mass is 1050 g/mol. The number of Topliss-reactive ketones (excluding diaryl/α,β-unsaturated/α-hetero) is 1. The molecule has 7 aromatic carbocycles. The van der Waals surface area contributed by atoms with Crippen molar-refractivity contribution in [3.63, 3.8) is 0 Å². The van der Waals surface area contributed by atoms with Gasteiger partial charge in [-0.15, -0.1) is 21.9 Å². The van der Waals surface area contributed by atoms with Crippen molar-refractivity contribution in [2.24, 2.45) is 0 Å². The van der Waals surface area contributed by atoms with E-state index in [1.807, 2.05) is 65.4 Å². The zero-order chi connectivity index (χ0) is 53.9. The minimum absolute atomic E-state index is 0.00322. The molecular weight excluding hydrogens is 1030 g/mol. The third kappa shape index (κ3) is 8.44. The predicted molar refractivity (Wildman–Crippen MR) is 217 cm³/mol. The lowest BCUT2D eigenvalue weighted by Gasteiger charge is -2.44. The number of nitrogens with zero attached hydrogens (tertiary/aromatic N) is 1. The molecule has 0 bridgehead atoms. The van der Waals surface area contributed by atoms with Gasteiger partial charge in [-0.05, 0) is 29.7 Å². The summed E-state index contributed by atoms with van der Waals surface area (Å²) in [5, 5.41) is 11.4. The Kier molecular flexibility index (Phi) is 14.2. The molecule has 376 valence electrons. The van der Waals surface area contributed by atoms with Gasteiger partial charge < -0.3 is 5.11 Å². The average Bonchev–Trinajstić information content (AvgIpc) is 3.38. The highest BCUT2D eigenvalue weighted by atomic mass is 19.2. The van der Waals surface area contributed by atoms with Gasteiger partial charge in [0.2, 0.25) is 18.0 Å². The molecule has 0 radical (unpaired) electrons. The van der Waals surface area contributed by atoms with Gasteiger partial charge in [0.05, 0.1) is 10.9 Å². The lowest BCUT2D eigenvalue weighted by atomic mass is 9.12. The van der Waals surface area contributed by atoms with Crippen molar-refractivity contribution in [3.8, 4) is 11.3 Å². The summed E-state index contributed by atoms with van der Waals surface area (Å²) < 4.78 is 296. The minimum atomic E-state index is -7.22. The third-order valence-corrected chi connectivity index (χ3v) is 11.4. The van der Waals surface area contributed by atoms with E-state index in [2.05, 4.69) is 0 Å². The molecule has 0 aliphatic heterocycles. The molecule has 73 heavy (non-hydrogen) atoms. The molecule has 4 nitrogen and oxygen atoms in total. The number of hydrogen-bond acceptors (Lipinski definition) is 2. The summed E-state index contributed by atoms with van der Waals surface area (Å²) in [5.41, 5.74) is -11.9. The lowest BCUT2D eigenvalue weighted by Crippen LogP contribution is -2.81. The number of carbonyl (C=O) groups excluding carboxylic acids is 1. The van der Waals surface area contributed by atoms with Crippen molar-refractivity contribution in [2.75, 3.05) is 0 Å². The van der Waals surface area contributed by atoms with Crippen molar-refractivity contribution >= 4 is 50.5 Å². The Bertz CT molecular complexity index is 3230. The van der Waals surface area contributed by atoms with Gasteiger partial charge in [0.15, 0.2) is 76.0 Å². The molecule has 0 saturated carbocycles. The van der Waals surface area contributed by atoms with Gasteiger partial charge in [0.25, 0.3) is 0 Å². The topological polar surface area (TPSA) is 58.2 Å². The zero-order valence-corrected chi connectivity index (χ0v) is 35.2. The Morgan fingerprint density at radius 2 is 0.712 bits per heavy atom. The standard InChI is InChI=1S/C24BF20.C24H17NO3/c26-5-1(6(27)14(35)21(42)13(5)34)25(2-7(28)15(36)22(43)16(37)8(2)29,3-9(30)17(38)23(44)18(39)10(3)31)4-11(32)19(40)24(45)20(41)12(4)33;26-22(18-8-2-1-3-9-18)16-25-14-13-17-7-4-5-12-21(17)23(25)19-10-6-11-20(15-19)24(27)28/h;1-15H,16H2/q-1;/p+1. The number of aromatic nitrogens is 1. The largest absolute Gasteiger partial charge is 0.478 e. The Balaban J connectivity index is 0.000000237. The van der Waals surface area contributed by atoms with Gasteiger partial charge in [-0.3, -0.25) is 4.79 Å². The van der Waals surface area contributed by atoms with Crippen LogP contribution in [0.5, 0.6) is 0 Å². The molecule has 0 aliphatic carbocycles. The summed E-state index contributed by atoms with van der Waals surface area (Å²) >= 11 is 0. The van der Waals surface area contributed by atoms with E-state index in [-0.39, 0.29) is 17.9 Å². The highest BCUT2D eigenvalue weighted by molar-refractivity contribution is 7.20. The number of ketones is 1. The lowest BCUT2D eigenvalue weighted by molar-refractivity contribution is -0.671. The van der Waals surface area contributed by atoms with Crippen LogP contribution in [0.25, 0.3) is 22.0 Å². The molecule has 0 amide bonds. The van der Waals surface area contributed by atoms with Crippen LogP contribution in [0, 0.1) is 116 Å². The van der Waals surface area contributed by atoms with Gasteiger partial charge >= 0.3 is 5.97 Å². The Hall–Kier alpha value is -8.25. The quantitative estimate of drug-likeness (QED) is 0.0392. The number of hydrogen-bond donors (Lipinski definition) is 1. The molecule has 0 unspecified atom stereocenters. The molecule has 8 rings (SSSR count). The van der Waals surface area contributed by atoms with Crippen molar-refractivity contribution < 1.29 is 107 Å². The summed E-state index contributed by atoms with van der Waals surface area (Å²) in [5.74, 6) is -72.4. The maximum Gasteiger partial charge on any atom is 0.335 e. The van der Waals surface area contributed by atoms with Crippen molar-refractivity contribution in [3.05, 3.63) is 219 Å². The molecule has 0 aliphatic rings. The SMILES string of the molecule is Fc1c(F)c(F)c([B-](c2c(F)c(F)c(F)c(F)c2F)(c2c(F)c(F)c(F)c(F)c2F)c2c(F)c(F)c(F)c(F)c2F)c(F)c1F.O=C(O)c1cccc(-c2c3ccccc3cc[n+]2CC(=O)c2ccccc2)c1. The van der Waals surface area contributed by atoms with Crippen LogP contribution in [0.1, 0.15) is 20.7 Å². The van der Waals surface area contributed by atoms with E-state index in [1.54, 1.807) is 30.3 Å². The fraction of sp³-hybridized carbons (Fsp3) is 0.0208. The molecule has 8 aromatic rings. The van der Waals surface area contributed by atoms with Crippen LogP contribution in [0.15, 0.2) is 91.1 Å². The number of fused-ring (bicyclic) bond motifs is 1. The van der Waals surface area contributed by atoms with Gasteiger partial charge in [-0.1, -0.05) is 54.6 Å².